The normalized spacial score (nSPS) is 17.2. The van der Waals surface area contributed by atoms with Crippen molar-refractivity contribution in [3.63, 3.8) is 0 Å². The van der Waals surface area contributed by atoms with Crippen molar-refractivity contribution >= 4 is 88.2 Å². The molecule has 6 aromatic rings. The van der Waals surface area contributed by atoms with E-state index in [0.717, 1.165) is 45.0 Å². The van der Waals surface area contributed by atoms with Gasteiger partial charge in [-0.25, -0.2) is 50.6 Å². The molecule has 2 saturated heterocycles. The van der Waals surface area contributed by atoms with Gasteiger partial charge in [0.15, 0.2) is 0 Å². The Hall–Kier alpha value is -6.07. The topological polar surface area (TPSA) is 278 Å². The highest BCUT2D eigenvalue weighted by molar-refractivity contribution is 9.11. The SMILES string of the molecule is CC(C)OC(=O)N[C@@H]1CCC(c2ncc(-c3ccc(NC(=O)NCc4ccccc4)cc3S(=O)(=O)NC(C)(C)C)s2)OC1.CC(C)OC(=O)N[C@@H]1CC[C@@H](c2ncc(Br)s2)OC1.Cc1ccc(NCNCc2ccccc2)cc1S(=O)(=O)NC(C)(C)C. The lowest BCUT2D eigenvalue weighted by molar-refractivity contribution is -0.00533. The predicted octanol–water partition coefficient (Wildman–Crippen LogP) is 12.1. The summed E-state index contributed by atoms with van der Waals surface area (Å²) >= 11 is 6.33. The quantitative estimate of drug-likeness (QED) is 0.0276. The maximum Gasteiger partial charge on any atom is 0.407 e. The number of nitrogens with one attached hydrogen (secondary N) is 8. The van der Waals surface area contributed by atoms with Crippen molar-refractivity contribution in [2.75, 3.05) is 30.5 Å². The molecule has 26 heteroatoms. The van der Waals surface area contributed by atoms with Gasteiger partial charge in [-0.05, 0) is 159 Å². The first-order chi connectivity index (χ1) is 41.0. The number of benzene rings is 4. The van der Waals surface area contributed by atoms with E-state index in [1.807, 2.05) is 95.3 Å². The standard InChI is InChI=1S/C30H39N5O6S2.C19H27N3O2S.C12H17BrN2O3S/c1-19(2)41-29(37)34-22-12-14-24(40-18-22)27-31-17-25(42-27)23-13-11-21(15-26(23)43(38,39)35-30(3,4)5)33-28(36)32-16-20-9-7-6-8-10-20;1-15-10-11-17(12-18(15)25(23,24)22-19(2,3)4)21-14-20-13-16-8-6-5-7-9-16;1-7(2)18-12(16)15-8-3-4-9(17-6-8)11-14-5-10(13)19-11/h6-11,13,15,17,19,22,24,35H,12,14,16,18H2,1-5H3,(H,34,37)(H2,32,33,36);5-12,20-22H,13-14H2,1-4H3;5,7-9H,3-4,6H2,1-2H3,(H,15,16)/t22-,24?;;8-,9+/m1.1/s1. The molecule has 4 aromatic carbocycles. The zero-order valence-electron chi connectivity index (χ0n) is 51.1. The first kappa shape index (κ1) is 70.0. The molecule has 2 aliphatic heterocycles. The number of halogens is 1. The molecule has 21 nitrogen and oxygen atoms in total. The molecule has 0 radical (unpaired) electrons. The van der Waals surface area contributed by atoms with E-state index in [9.17, 15) is 31.2 Å². The van der Waals surface area contributed by atoms with Gasteiger partial charge in [-0.3, -0.25) is 5.32 Å². The summed E-state index contributed by atoms with van der Waals surface area (Å²) in [4.78, 5) is 45.8. The maximum absolute atomic E-state index is 13.6. The second kappa shape index (κ2) is 32.4. The van der Waals surface area contributed by atoms with Crippen LogP contribution in [-0.4, -0.2) is 100 Å². The second-order valence-corrected chi connectivity index (χ2v) is 30.2. The second-order valence-electron chi connectivity index (χ2n) is 23.4. The van der Waals surface area contributed by atoms with Crippen LogP contribution < -0.4 is 41.3 Å². The average molecular weight is 1340 g/mol. The van der Waals surface area contributed by atoms with Crippen LogP contribution in [0.5, 0.6) is 0 Å². The average Bonchev–Trinajstić information content (AvgIpc) is 2.18. The fourth-order valence-electron chi connectivity index (χ4n) is 8.79. The number of ether oxygens (including phenoxy) is 4. The van der Waals surface area contributed by atoms with Crippen molar-refractivity contribution in [3.05, 3.63) is 140 Å². The number of carbonyl (C=O) groups is 3. The zero-order valence-corrected chi connectivity index (χ0v) is 56.0. The lowest BCUT2D eigenvalue weighted by Gasteiger charge is -2.28. The van der Waals surface area contributed by atoms with Crippen molar-refractivity contribution in [2.45, 2.75) is 172 Å². The number of aryl methyl sites for hydroxylation is 1. The third kappa shape index (κ3) is 24.1. The van der Waals surface area contributed by atoms with Crippen molar-refractivity contribution in [1.82, 2.24) is 40.7 Å². The third-order valence-electron chi connectivity index (χ3n) is 12.5. The minimum Gasteiger partial charge on any atom is -0.447 e. The fourth-order valence-corrected chi connectivity index (χ4v) is 14.6. The van der Waals surface area contributed by atoms with Crippen molar-refractivity contribution in [3.8, 4) is 10.4 Å². The maximum atomic E-state index is 13.6. The molecule has 0 bridgehead atoms. The number of carbonyl (C=O) groups excluding carboxylic acids is 3. The van der Waals surface area contributed by atoms with Gasteiger partial charge < -0.3 is 45.5 Å². The Bertz CT molecular complexity index is 3400. The number of hydrogen-bond donors (Lipinski definition) is 8. The number of sulfonamides is 2. The molecule has 2 fully saturated rings. The van der Waals surface area contributed by atoms with Gasteiger partial charge in [-0.15, -0.1) is 22.7 Å². The van der Waals surface area contributed by atoms with E-state index in [1.165, 1.54) is 23.0 Å². The molecule has 8 rings (SSSR count). The predicted molar refractivity (Wildman–Crippen MR) is 346 cm³/mol. The number of anilines is 2. The van der Waals surface area contributed by atoms with E-state index in [1.54, 1.807) is 83.5 Å². The van der Waals surface area contributed by atoms with Crippen LogP contribution in [-0.2, 0) is 52.1 Å². The number of thiazole rings is 2. The number of alkyl carbamates (subject to hydrolysis) is 2. The minimum atomic E-state index is -3.98. The van der Waals surface area contributed by atoms with Gasteiger partial charge in [0.05, 0.1) is 68.8 Å². The molecular formula is C61H83BrN10O11S4. The summed E-state index contributed by atoms with van der Waals surface area (Å²) in [5, 5.41) is 19.4. The van der Waals surface area contributed by atoms with Crippen LogP contribution in [0, 0.1) is 6.92 Å². The Labute approximate surface area is 528 Å². The van der Waals surface area contributed by atoms with Gasteiger partial charge in [0.1, 0.15) is 22.2 Å². The van der Waals surface area contributed by atoms with Crippen LogP contribution in [0.2, 0.25) is 0 Å². The van der Waals surface area contributed by atoms with E-state index >= 15 is 0 Å². The van der Waals surface area contributed by atoms with E-state index in [0.29, 0.717) is 65.3 Å². The molecule has 4 atom stereocenters. The van der Waals surface area contributed by atoms with E-state index in [4.69, 9.17) is 18.9 Å². The Morgan fingerprint density at radius 3 is 1.63 bits per heavy atom. The monoisotopic (exact) mass is 1340 g/mol. The van der Waals surface area contributed by atoms with Gasteiger partial charge in [0, 0.05) is 47.3 Å². The van der Waals surface area contributed by atoms with E-state index in [2.05, 4.69) is 79.4 Å². The smallest absolute Gasteiger partial charge is 0.407 e. The molecule has 2 aliphatic rings. The number of aromatic nitrogens is 2. The number of hydrogen-bond acceptors (Lipinski definition) is 17. The largest absolute Gasteiger partial charge is 0.447 e. The summed E-state index contributed by atoms with van der Waals surface area (Å²) in [7, 11) is -7.53. The van der Waals surface area contributed by atoms with Gasteiger partial charge in [-0.1, -0.05) is 72.8 Å². The molecule has 87 heavy (non-hydrogen) atoms. The number of rotatable bonds is 19. The van der Waals surface area contributed by atoms with Gasteiger partial charge >= 0.3 is 18.2 Å². The molecule has 2 aromatic heterocycles. The van der Waals surface area contributed by atoms with Crippen LogP contribution >= 0.6 is 38.6 Å². The molecule has 1 unspecified atom stereocenters. The summed E-state index contributed by atoms with van der Waals surface area (Å²) in [5.74, 6) is 0. The number of nitrogens with zero attached hydrogens (tertiary/aromatic N) is 2. The number of urea groups is 1. The molecule has 0 spiro atoms. The van der Waals surface area contributed by atoms with Crippen LogP contribution in [0.25, 0.3) is 10.4 Å². The molecule has 8 N–H and O–H groups in total. The van der Waals surface area contributed by atoms with Crippen LogP contribution in [0.4, 0.5) is 25.8 Å². The van der Waals surface area contributed by atoms with Crippen molar-refractivity contribution in [2.24, 2.45) is 0 Å². The van der Waals surface area contributed by atoms with Crippen LogP contribution in [0.1, 0.15) is 134 Å². The first-order valence-corrected chi connectivity index (χ1v) is 34.0. The van der Waals surface area contributed by atoms with Crippen molar-refractivity contribution < 1.29 is 50.2 Å². The van der Waals surface area contributed by atoms with Gasteiger partial charge in [0.25, 0.3) is 0 Å². The third-order valence-corrected chi connectivity index (χ3v) is 18.9. The Morgan fingerprint density at radius 2 is 1.14 bits per heavy atom. The van der Waals surface area contributed by atoms with Crippen LogP contribution in [0.3, 0.4) is 0 Å². The fraction of sp³-hybridized carbons (Fsp3) is 0.459. The zero-order chi connectivity index (χ0) is 63.5. The molecule has 4 amide bonds. The molecule has 4 heterocycles. The Morgan fingerprint density at radius 1 is 0.644 bits per heavy atom. The van der Waals surface area contributed by atoms with E-state index in [-0.39, 0.29) is 47.5 Å². The summed E-state index contributed by atoms with van der Waals surface area (Å²) < 4.78 is 80.7. The molecule has 0 aliphatic carbocycles. The Kier molecular flexibility index (Phi) is 26.1. The van der Waals surface area contributed by atoms with Crippen molar-refractivity contribution in [1.29, 1.82) is 0 Å². The van der Waals surface area contributed by atoms with Gasteiger partial charge in [-0.2, -0.15) is 0 Å². The Balaban J connectivity index is 0.000000231. The summed E-state index contributed by atoms with van der Waals surface area (Å²) in [6.07, 6.45) is 5.07. The summed E-state index contributed by atoms with van der Waals surface area (Å²) in [6.45, 7) is 22.2. The summed E-state index contributed by atoms with van der Waals surface area (Å²) in [5.41, 5.74) is 3.17. The molecular weight excluding hydrogens is 1260 g/mol. The molecule has 474 valence electrons. The van der Waals surface area contributed by atoms with Gasteiger partial charge in [0.2, 0.25) is 20.0 Å². The minimum absolute atomic E-state index is 0.0194. The van der Waals surface area contributed by atoms with E-state index < -0.39 is 43.2 Å². The highest BCUT2D eigenvalue weighted by atomic mass is 79.9. The molecule has 0 saturated carbocycles. The van der Waals surface area contributed by atoms with Crippen LogP contribution in [0.15, 0.2) is 123 Å². The highest BCUT2D eigenvalue weighted by Crippen LogP contribution is 2.39. The lowest BCUT2D eigenvalue weighted by Crippen LogP contribution is -2.42. The number of amides is 4. The highest BCUT2D eigenvalue weighted by Gasteiger charge is 2.31. The first-order valence-electron chi connectivity index (χ1n) is 28.7. The summed E-state index contributed by atoms with van der Waals surface area (Å²) in [6, 6.07) is 29.2. The lowest BCUT2D eigenvalue weighted by atomic mass is 10.1.